The molecular weight excluding hydrogens is 406 g/mol. The number of aromatic nitrogens is 3. The molecule has 1 unspecified atom stereocenters. The summed E-state index contributed by atoms with van der Waals surface area (Å²) in [5.74, 6) is 1.09. The fraction of sp³-hybridized carbons (Fsp3) is 0.312. The molecular formula is C16H18BrN5S2. The summed E-state index contributed by atoms with van der Waals surface area (Å²) in [5.41, 5.74) is 1.03. The van der Waals surface area contributed by atoms with E-state index in [4.69, 9.17) is 0 Å². The average molecular weight is 424 g/mol. The Balaban J connectivity index is 1.49. The maximum Gasteiger partial charge on any atom is 0.222 e. The molecule has 0 spiro atoms. The van der Waals surface area contributed by atoms with Gasteiger partial charge in [0.2, 0.25) is 5.95 Å². The third kappa shape index (κ3) is 4.58. The number of anilines is 2. The molecule has 0 fully saturated rings. The van der Waals surface area contributed by atoms with Crippen LogP contribution in [0.5, 0.6) is 0 Å². The van der Waals surface area contributed by atoms with Crippen molar-refractivity contribution in [1.82, 2.24) is 15.0 Å². The van der Waals surface area contributed by atoms with E-state index in [-0.39, 0.29) is 0 Å². The molecule has 8 heteroatoms. The molecule has 0 saturated carbocycles. The summed E-state index contributed by atoms with van der Waals surface area (Å²) in [6, 6.07) is 6.14. The topological polar surface area (TPSA) is 62.7 Å². The van der Waals surface area contributed by atoms with Gasteiger partial charge in [-0.2, -0.15) is 0 Å². The molecule has 0 aliphatic heterocycles. The summed E-state index contributed by atoms with van der Waals surface area (Å²) in [7, 11) is 0. The smallest absolute Gasteiger partial charge is 0.222 e. The number of nitrogens with one attached hydrogen (secondary N) is 2. The van der Waals surface area contributed by atoms with Crippen molar-refractivity contribution in [2.24, 2.45) is 5.92 Å². The van der Waals surface area contributed by atoms with Crippen LogP contribution < -0.4 is 10.6 Å². The number of nitrogens with zero attached hydrogens (tertiary/aromatic N) is 3. The van der Waals surface area contributed by atoms with E-state index in [0.717, 1.165) is 33.1 Å². The minimum atomic E-state index is 0.424. The molecule has 0 bridgehead atoms. The SMILES string of the molecule is CSc1cnc(NCC(C)CNc2nc3ccc(Br)cc3s2)nc1. The predicted molar refractivity (Wildman–Crippen MR) is 107 cm³/mol. The van der Waals surface area contributed by atoms with Crippen LogP contribution in [0.1, 0.15) is 6.92 Å². The standard InChI is InChI=1S/C16H18BrN5S2/c1-10(6-18-15-19-8-12(23-2)9-20-15)7-21-16-22-13-4-3-11(17)5-14(13)24-16/h3-5,8-10H,6-7H2,1-2H3,(H,21,22)(H,18,19,20). The van der Waals surface area contributed by atoms with Crippen molar-refractivity contribution in [3.8, 4) is 0 Å². The predicted octanol–water partition coefficient (Wildman–Crippen LogP) is 4.73. The number of thioether (sulfide) groups is 1. The minimum absolute atomic E-state index is 0.424. The van der Waals surface area contributed by atoms with E-state index in [1.165, 1.54) is 4.70 Å². The van der Waals surface area contributed by atoms with Crippen LogP contribution in [0.25, 0.3) is 10.2 Å². The van der Waals surface area contributed by atoms with Crippen molar-refractivity contribution in [3.05, 3.63) is 35.1 Å². The van der Waals surface area contributed by atoms with Crippen LogP contribution in [0.4, 0.5) is 11.1 Å². The van der Waals surface area contributed by atoms with Crippen LogP contribution in [-0.2, 0) is 0 Å². The van der Waals surface area contributed by atoms with Gasteiger partial charge in [0, 0.05) is 34.9 Å². The number of thiazole rings is 1. The Hall–Kier alpha value is -1.38. The fourth-order valence-electron chi connectivity index (χ4n) is 2.09. The molecule has 2 N–H and O–H groups in total. The average Bonchev–Trinajstić information content (AvgIpc) is 3.00. The van der Waals surface area contributed by atoms with Gasteiger partial charge in [-0.3, -0.25) is 0 Å². The molecule has 1 aromatic carbocycles. The first-order valence-electron chi connectivity index (χ1n) is 7.54. The zero-order valence-electron chi connectivity index (χ0n) is 13.4. The lowest BCUT2D eigenvalue weighted by Crippen LogP contribution is -2.20. The van der Waals surface area contributed by atoms with Crippen molar-refractivity contribution >= 4 is 60.3 Å². The van der Waals surface area contributed by atoms with Crippen LogP contribution in [0.15, 0.2) is 40.0 Å². The fourth-order valence-corrected chi connectivity index (χ4v) is 3.83. The van der Waals surface area contributed by atoms with Crippen LogP contribution >= 0.6 is 39.0 Å². The number of benzene rings is 1. The van der Waals surface area contributed by atoms with Crippen LogP contribution in [0.2, 0.25) is 0 Å². The van der Waals surface area contributed by atoms with E-state index in [1.54, 1.807) is 23.1 Å². The first kappa shape index (κ1) is 17.4. The summed E-state index contributed by atoms with van der Waals surface area (Å²) in [4.78, 5) is 14.3. The first-order valence-corrected chi connectivity index (χ1v) is 10.4. The number of fused-ring (bicyclic) bond motifs is 1. The van der Waals surface area contributed by atoms with Gasteiger partial charge in [-0.05, 0) is 30.4 Å². The monoisotopic (exact) mass is 423 g/mol. The molecule has 126 valence electrons. The summed E-state index contributed by atoms with van der Waals surface area (Å²) >= 11 is 6.80. The molecule has 5 nitrogen and oxygen atoms in total. The quantitative estimate of drug-likeness (QED) is 0.535. The molecule has 1 atom stereocenters. The molecule has 2 heterocycles. The van der Waals surface area contributed by atoms with Gasteiger partial charge in [-0.25, -0.2) is 15.0 Å². The van der Waals surface area contributed by atoms with Crippen molar-refractivity contribution in [1.29, 1.82) is 0 Å². The minimum Gasteiger partial charge on any atom is -0.361 e. The lowest BCUT2D eigenvalue weighted by Gasteiger charge is -2.13. The molecule has 0 saturated heterocycles. The third-order valence-corrected chi connectivity index (χ3v) is 5.58. The number of hydrogen-bond donors (Lipinski definition) is 2. The zero-order chi connectivity index (χ0) is 16.9. The maximum absolute atomic E-state index is 4.60. The molecule has 0 aliphatic rings. The Kier molecular flexibility index (Phi) is 5.91. The summed E-state index contributed by atoms with van der Waals surface area (Å²) < 4.78 is 2.26. The Morgan fingerprint density at radius 2 is 1.96 bits per heavy atom. The Morgan fingerprint density at radius 1 is 1.21 bits per heavy atom. The van der Waals surface area contributed by atoms with Crippen LogP contribution in [0, 0.1) is 5.92 Å². The zero-order valence-corrected chi connectivity index (χ0v) is 16.6. The summed E-state index contributed by atoms with van der Waals surface area (Å²) in [6.07, 6.45) is 5.69. The van der Waals surface area contributed by atoms with Gasteiger partial charge in [0.25, 0.3) is 0 Å². The van der Waals surface area contributed by atoms with E-state index >= 15 is 0 Å². The van der Waals surface area contributed by atoms with Gasteiger partial charge < -0.3 is 10.6 Å². The second kappa shape index (κ2) is 8.13. The van der Waals surface area contributed by atoms with Gasteiger partial charge in [-0.15, -0.1) is 11.8 Å². The van der Waals surface area contributed by atoms with Crippen molar-refractivity contribution in [2.45, 2.75) is 11.8 Å². The largest absolute Gasteiger partial charge is 0.361 e. The van der Waals surface area contributed by atoms with E-state index in [9.17, 15) is 0 Å². The number of hydrogen-bond acceptors (Lipinski definition) is 7. The highest BCUT2D eigenvalue weighted by Gasteiger charge is 2.07. The third-order valence-electron chi connectivity index (χ3n) is 3.42. The number of halogens is 1. The Morgan fingerprint density at radius 3 is 2.71 bits per heavy atom. The van der Waals surface area contributed by atoms with E-state index in [1.807, 2.05) is 30.8 Å². The highest BCUT2D eigenvalue weighted by Crippen LogP contribution is 2.28. The van der Waals surface area contributed by atoms with Crippen LogP contribution in [-0.4, -0.2) is 34.3 Å². The van der Waals surface area contributed by atoms with E-state index in [0.29, 0.717) is 11.9 Å². The van der Waals surface area contributed by atoms with Crippen molar-refractivity contribution < 1.29 is 0 Å². The Bertz CT molecular complexity index is 806. The van der Waals surface area contributed by atoms with Gasteiger partial charge in [-0.1, -0.05) is 34.2 Å². The van der Waals surface area contributed by atoms with Crippen molar-refractivity contribution in [3.63, 3.8) is 0 Å². The molecule has 2 aromatic heterocycles. The lowest BCUT2D eigenvalue weighted by molar-refractivity contribution is 0.645. The Labute approximate surface area is 157 Å². The van der Waals surface area contributed by atoms with E-state index < -0.39 is 0 Å². The molecule has 3 aromatic rings. The second-order valence-corrected chi connectivity index (χ2v) is 8.27. The highest BCUT2D eigenvalue weighted by molar-refractivity contribution is 9.10. The second-order valence-electron chi connectivity index (χ2n) is 5.44. The summed E-state index contributed by atoms with van der Waals surface area (Å²) in [5, 5.41) is 7.64. The van der Waals surface area contributed by atoms with Gasteiger partial charge in [0.05, 0.1) is 10.2 Å². The normalized spacial score (nSPS) is 12.3. The first-order chi connectivity index (χ1) is 11.6. The summed E-state index contributed by atoms with van der Waals surface area (Å²) in [6.45, 7) is 3.83. The van der Waals surface area contributed by atoms with Gasteiger partial charge in [0.15, 0.2) is 5.13 Å². The maximum atomic E-state index is 4.60. The molecule has 0 amide bonds. The molecule has 24 heavy (non-hydrogen) atoms. The van der Waals surface area contributed by atoms with Crippen molar-refractivity contribution in [2.75, 3.05) is 30.0 Å². The number of rotatable bonds is 7. The molecule has 0 aliphatic carbocycles. The molecule has 3 rings (SSSR count). The highest BCUT2D eigenvalue weighted by atomic mass is 79.9. The van der Waals surface area contributed by atoms with Crippen LogP contribution in [0.3, 0.4) is 0 Å². The molecule has 0 radical (unpaired) electrons. The van der Waals surface area contributed by atoms with Gasteiger partial charge >= 0.3 is 0 Å². The van der Waals surface area contributed by atoms with E-state index in [2.05, 4.69) is 54.5 Å². The lowest BCUT2D eigenvalue weighted by atomic mass is 10.2. The van der Waals surface area contributed by atoms with Gasteiger partial charge in [0.1, 0.15) is 0 Å².